The minimum atomic E-state index is -3.03. The molecule has 0 aromatic carbocycles. The number of anilines is 1. The van der Waals surface area contributed by atoms with Crippen LogP contribution in [0.25, 0.3) is 0 Å². The third-order valence-electron chi connectivity index (χ3n) is 3.10. The molecule has 0 aliphatic carbocycles. The number of nitrogens with one attached hydrogen (secondary N) is 2. The van der Waals surface area contributed by atoms with Gasteiger partial charge in [0.1, 0.15) is 0 Å². The second-order valence-electron chi connectivity index (χ2n) is 4.41. The molecule has 17 heavy (non-hydrogen) atoms. The van der Waals surface area contributed by atoms with Crippen LogP contribution >= 0.6 is 0 Å². The Kier molecular flexibility index (Phi) is 2.94. The van der Waals surface area contributed by atoms with Crippen LogP contribution in [0.15, 0.2) is 0 Å². The SMILES string of the molecule is Cc1[nH]nc(NC(=O)C2CCS(=O)(=O)C2)c1C. The van der Waals surface area contributed by atoms with E-state index in [9.17, 15) is 13.2 Å². The lowest BCUT2D eigenvalue weighted by Gasteiger charge is -2.07. The average molecular weight is 257 g/mol. The molecule has 1 aliphatic heterocycles. The lowest BCUT2D eigenvalue weighted by Crippen LogP contribution is -2.24. The van der Waals surface area contributed by atoms with Gasteiger partial charge in [0.25, 0.3) is 0 Å². The number of nitrogens with zero attached hydrogens (tertiary/aromatic N) is 1. The largest absolute Gasteiger partial charge is 0.309 e. The van der Waals surface area contributed by atoms with Crippen molar-refractivity contribution in [1.82, 2.24) is 10.2 Å². The summed E-state index contributed by atoms with van der Waals surface area (Å²) in [5.41, 5.74) is 1.76. The van der Waals surface area contributed by atoms with Gasteiger partial charge in [-0.1, -0.05) is 0 Å². The van der Waals surface area contributed by atoms with Gasteiger partial charge in [-0.3, -0.25) is 9.89 Å². The summed E-state index contributed by atoms with van der Waals surface area (Å²) in [7, 11) is -3.03. The lowest BCUT2D eigenvalue weighted by atomic mass is 10.1. The second-order valence-corrected chi connectivity index (χ2v) is 6.64. The maximum absolute atomic E-state index is 11.8. The summed E-state index contributed by atoms with van der Waals surface area (Å²) in [4.78, 5) is 11.8. The molecule has 1 atom stereocenters. The highest BCUT2D eigenvalue weighted by molar-refractivity contribution is 7.91. The number of carbonyl (C=O) groups is 1. The number of hydrogen-bond acceptors (Lipinski definition) is 4. The van der Waals surface area contributed by atoms with Crippen molar-refractivity contribution in [2.24, 2.45) is 5.92 Å². The number of rotatable bonds is 2. The number of aryl methyl sites for hydroxylation is 1. The topological polar surface area (TPSA) is 91.9 Å². The fraction of sp³-hybridized carbons (Fsp3) is 0.600. The Morgan fingerprint density at radius 1 is 1.47 bits per heavy atom. The van der Waals surface area contributed by atoms with Crippen LogP contribution in [0.5, 0.6) is 0 Å². The van der Waals surface area contributed by atoms with Gasteiger partial charge in [-0.15, -0.1) is 0 Å². The first kappa shape index (κ1) is 12.1. The molecule has 0 bridgehead atoms. The number of aromatic nitrogens is 2. The van der Waals surface area contributed by atoms with Crippen LogP contribution in [0.3, 0.4) is 0 Å². The second kappa shape index (κ2) is 4.14. The smallest absolute Gasteiger partial charge is 0.229 e. The van der Waals surface area contributed by atoms with Gasteiger partial charge < -0.3 is 5.32 Å². The van der Waals surface area contributed by atoms with Crippen molar-refractivity contribution < 1.29 is 13.2 Å². The van der Waals surface area contributed by atoms with Crippen molar-refractivity contribution in [3.63, 3.8) is 0 Å². The minimum absolute atomic E-state index is 0.0543. The molecule has 1 unspecified atom stereocenters. The molecule has 7 heteroatoms. The minimum Gasteiger partial charge on any atom is -0.309 e. The highest BCUT2D eigenvalue weighted by atomic mass is 32.2. The molecular weight excluding hydrogens is 242 g/mol. The summed E-state index contributed by atoms with van der Waals surface area (Å²) in [6.07, 6.45) is 0.399. The van der Waals surface area contributed by atoms with Gasteiger partial charge in [-0.05, 0) is 20.3 Å². The molecule has 1 aromatic heterocycles. The predicted octanol–water partition coefficient (Wildman–Crippen LogP) is 0.400. The van der Waals surface area contributed by atoms with E-state index in [2.05, 4.69) is 15.5 Å². The van der Waals surface area contributed by atoms with Crippen molar-refractivity contribution in [2.45, 2.75) is 20.3 Å². The van der Waals surface area contributed by atoms with Crippen LogP contribution in [0.4, 0.5) is 5.82 Å². The van der Waals surface area contributed by atoms with Crippen LogP contribution in [0.2, 0.25) is 0 Å². The lowest BCUT2D eigenvalue weighted by molar-refractivity contribution is -0.119. The van der Waals surface area contributed by atoms with Gasteiger partial charge in [-0.25, -0.2) is 8.42 Å². The van der Waals surface area contributed by atoms with E-state index in [-0.39, 0.29) is 17.4 Å². The molecule has 1 fully saturated rings. The molecule has 6 nitrogen and oxygen atoms in total. The Labute approximate surface area is 99.7 Å². The van der Waals surface area contributed by atoms with Crippen LogP contribution in [-0.4, -0.2) is 36.0 Å². The third kappa shape index (κ3) is 2.49. The third-order valence-corrected chi connectivity index (χ3v) is 4.87. The van der Waals surface area contributed by atoms with Crippen LogP contribution in [0.1, 0.15) is 17.7 Å². The van der Waals surface area contributed by atoms with Crippen LogP contribution in [-0.2, 0) is 14.6 Å². The Hall–Kier alpha value is -1.37. The molecule has 0 spiro atoms. The van der Waals surface area contributed by atoms with Crippen molar-refractivity contribution in [1.29, 1.82) is 0 Å². The number of carbonyl (C=O) groups excluding carboxylic acids is 1. The highest BCUT2D eigenvalue weighted by Gasteiger charge is 2.33. The summed E-state index contributed by atoms with van der Waals surface area (Å²) >= 11 is 0. The first-order valence-electron chi connectivity index (χ1n) is 5.42. The standard InChI is InChI=1S/C10H15N3O3S/c1-6-7(2)12-13-9(6)11-10(14)8-3-4-17(15,16)5-8/h8H,3-5H2,1-2H3,(H2,11,12,13,14). The van der Waals surface area contributed by atoms with E-state index in [1.165, 1.54) is 0 Å². The van der Waals surface area contributed by atoms with E-state index in [0.717, 1.165) is 11.3 Å². The average Bonchev–Trinajstić information content (AvgIpc) is 2.75. The molecule has 1 saturated heterocycles. The molecule has 94 valence electrons. The Morgan fingerprint density at radius 3 is 2.65 bits per heavy atom. The summed E-state index contributed by atoms with van der Waals surface area (Å²) in [5, 5.41) is 9.39. The van der Waals surface area contributed by atoms with Gasteiger partial charge in [0.2, 0.25) is 5.91 Å². The van der Waals surface area contributed by atoms with Crippen LogP contribution in [0, 0.1) is 19.8 Å². The summed E-state index contributed by atoms with van der Waals surface area (Å²) < 4.78 is 22.5. The molecule has 2 rings (SSSR count). The van der Waals surface area contributed by atoms with Gasteiger partial charge in [0.05, 0.1) is 17.4 Å². The zero-order valence-corrected chi connectivity index (χ0v) is 10.6. The van der Waals surface area contributed by atoms with Crippen molar-refractivity contribution in [2.75, 3.05) is 16.8 Å². The van der Waals surface area contributed by atoms with E-state index >= 15 is 0 Å². The zero-order valence-electron chi connectivity index (χ0n) is 9.78. The molecule has 2 N–H and O–H groups in total. The van der Waals surface area contributed by atoms with Crippen LogP contribution < -0.4 is 5.32 Å². The molecule has 0 saturated carbocycles. The summed E-state index contributed by atoms with van der Waals surface area (Å²) in [6, 6.07) is 0. The van der Waals surface area contributed by atoms with E-state index < -0.39 is 15.8 Å². The zero-order chi connectivity index (χ0) is 12.6. The number of aromatic amines is 1. The van der Waals surface area contributed by atoms with Gasteiger partial charge in [0, 0.05) is 11.3 Å². The fourth-order valence-corrected chi connectivity index (χ4v) is 3.57. The molecule has 1 amide bonds. The number of hydrogen-bond donors (Lipinski definition) is 2. The van der Waals surface area contributed by atoms with E-state index in [0.29, 0.717) is 12.2 Å². The molecule has 0 radical (unpaired) electrons. The van der Waals surface area contributed by atoms with Crippen molar-refractivity contribution >= 4 is 21.6 Å². The van der Waals surface area contributed by atoms with E-state index in [4.69, 9.17) is 0 Å². The number of H-pyrrole nitrogens is 1. The van der Waals surface area contributed by atoms with E-state index in [1.54, 1.807) is 0 Å². The first-order valence-corrected chi connectivity index (χ1v) is 7.24. The molecular formula is C10H15N3O3S. The Bertz CT molecular complexity index is 547. The maximum atomic E-state index is 11.8. The fourth-order valence-electron chi connectivity index (χ4n) is 1.83. The van der Waals surface area contributed by atoms with Gasteiger partial charge in [-0.2, -0.15) is 5.10 Å². The number of sulfone groups is 1. The Morgan fingerprint density at radius 2 is 2.18 bits per heavy atom. The first-order chi connectivity index (χ1) is 7.89. The molecule has 1 aliphatic rings. The van der Waals surface area contributed by atoms with Gasteiger partial charge in [0.15, 0.2) is 15.7 Å². The van der Waals surface area contributed by atoms with E-state index in [1.807, 2.05) is 13.8 Å². The van der Waals surface area contributed by atoms with Gasteiger partial charge >= 0.3 is 0 Å². The maximum Gasteiger partial charge on any atom is 0.229 e. The summed E-state index contributed by atoms with van der Waals surface area (Å²) in [6.45, 7) is 3.71. The Balaban J connectivity index is 2.06. The normalized spacial score (nSPS) is 22.6. The quantitative estimate of drug-likeness (QED) is 0.802. The monoisotopic (exact) mass is 257 g/mol. The molecule has 2 heterocycles. The predicted molar refractivity (Wildman–Crippen MR) is 63.5 cm³/mol. The number of amides is 1. The summed E-state index contributed by atoms with van der Waals surface area (Å²) in [5.74, 6) is -0.181. The van der Waals surface area contributed by atoms with Crippen molar-refractivity contribution in [3.05, 3.63) is 11.3 Å². The molecule has 1 aromatic rings. The highest BCUT2D eigenvalue weighted by Crippen LogP contribution is 2.21. The van der Waals surface area contributed by atoms with Crippen molar-refractivity contribution in [3.8, 4) is 0 Å².